The summed E-state index contributed by atoms with van der Waals surface area (Å²) in [6.45, 7) is 6.20. The predicted molar refractivity (Wildman–Crippen MR) is 93.3 cm³/mol. The molecule has 0 unspecified atom stereocenters. The van der Waals surface area contributed by atoms with Crippen LogP contribution in [0.4, 0.5) is 0 Å². The van der Waals surface area contributed by atoms with Gasteiger partial charge in [0.15, 0.2) is 0 Å². The zero-order chi connectivity index (χ0) is 17.1. The number of hydrogen-bond donors (Lipinski definition) is 0. The minimum Gasteiger partial charge on any atom is -0.494 e. The van der Waals surface area contributed by atoms with Crippen molar-refractivity contribution < 1.29 is 14.0 Å². The van der Waals surface area contributed by atoms with Gasteiger partial charge < -0.3 is 14.0 Å². The maximum atomic E-state index is 5.51. The molecule has 25 heavy (non-hydrogen) atoms. The molecule has 2 fully saturated rings. The standard InChI is InChI=1S/C19H25N3O3/c1-2-24-17-7-3-15(4-8-17)19-20-18(25-21-19)12-22(16-5-6-16)11-14-9-10-23-13-14/h3-4,7-8,14,16H,2,5-6,9-13H2,1H3/t14-/m0/s1. The minimum atomic E-state index is 0.633. The van der Waals surface area contributed by atoms with Gasteiger partial charge in [0.05, 0.1) is 19.8 Å². The first-order valence-electron chi connectivity index (χ1n) is 9.19. The molecule has 1 saturated carbocycles. The summed E-state index contributed by atoms with van der Waals surface area (Å²) in [5.41, 5.74) is 0.945. The molecular formula is C19H25N3O3. The number of aromatic nitrogens is 2. The lowest BCUT2D eigenvalue weighted by molar-refractivity contribution is 0.153. The predicted octanol–water partition coefficient (Wildman–Crippen LogP) is 3.14. The highest BCUT2D eigenvalue weighted by atomic mass is 16.5. The molecule has 6 heteroatoms. The lowest BCUT2D eigenvalue weighted by Crippen LogP contribution is -2.31. The van der Waals surface area contributed by atoms with E-state index in [1.165, 1.54) is 12.8 Å². The molecule has 134 valence electrons. The number of ether oxygens (including phenoxy) is 2. The van der Waals surface area contributed by atoms with Crippen LogP contribution in [0.5, 0.6) is 5.75 Å². The highest BCUT2D eigenvalue weighted by molar-refractivity contribution is 5.55. The van der Waals surface area contributed by atoms with Crippen LogP contribution < -0.4 is 4.74 Å². The zero-order valence-corrected chi connectivity index (χ0v) is 14.7. The first-order chi connectivity index (χ1) is 12.3. The maximum Gasteiger partial charge on any atom is 0.241 e. The summed E-state index contributed by atoms with van der Waals surface area (Å²) in [5.74, 6) is 2.82. The second-order valence-electron chi connectivity index (χ2n) is 6.86. The Kier molecular flexibility index (Phi) is 4.99. The summed E-state index contributed by atoms with van der Waals surface area (Å²) < 4.78 is 16.5. The fraction of sp³-hybridized carbons (Fsp3) is 0.579. The molecular weight excluding hydrogens is 318 g/mol. The molecule has 1 atom stereocenters. The van der Waals surface area contributed by atoms with Crippen molar-refractivity contribution in [2.45, 2.75) is 38.8 Å². The molecule has 1 aliphatic carbocycles. The van der Waals surface area contributed by atoms with Crippen molar-refractivity contribution in [1.82, 2.24) is 15.0 Å². The first kappa shape index (κ1) is 16.5. The molecule has 1 aromatic heterocycles. The molecule has 1 aliphatic heterocycles. The molecule has 4 rings (SSSR count). The quantitative estimate of drug-likeness (QED) is 0.734. The van der Waals surface area contributed by atoms with Gasteiger partial charge in [0, 0.05) is 24.8 Å². The summed E-state index contributed by atoms with van der Waals surface area (Å²) in [4.78, 5) is 7.07. The van der Waals surface area contributed by atoms with Crippen LogP contribution in [0.3, 0.4) is 0 Å². The minimum absolute atomic E-state index is 0.633. The number of nitrogens with zero attached hydrogens (tertiary/aromatic N) is 3. The van der Waals surface area contributed by atoms with Crippen LogP contribution in [-0.4, -0.2) is 47.4 Å². The second kappa shape index (κ2) is 7.54. The average molecular weight is 343 g/mol. The Morgan fingerprint density at radius 3 is 2.72 bits per heavy atom. The van der Waals surface area contributed by atoms with Crippen molar-refractivity contribution in [2.24, 2.45) is 5.92 Å². The normalized spacial score (nSPS) is 20.3. The van der Waals surface area contributed by atoms with Crippen molar-refractivity contribution in [2.75, 3.05) is 26.4 Å². The Balaban J connectivity index is 1.41. The van der Waals surface area contributed by atoms with Gasteiger partial charge in [-0.3, -0.25) is 4.90 Å². The fourth-order valence-corrected chi connectivity index (χ4v) is 3.32. The average Bonchev–Trinajstić information content (AvgIpc) is 3.15. The highest BCUT2D eigenvalue weighted by Gasteiger charge is 2.32. The van der Waals surface area contributed by atoms with Crippen molar-refractivity contribution in [1.29, 1.82) is 0 Å². The third kappa shape index (κ3) is 4.19. The number of benzene rings is 1. The SMILES string of the molecule is CCOc1ccc(-c2noc(CN(C[C@@H]3CCOC3)C3CC3)n2)cc1. The Morgan fingerprint density at radius 1 is 1.20 bits per heavy atom. The van der Waals surface area contributed by atoms with Crippen LogP contribution in [0, 0.1) is 5.92 Å². The molecule has 1 aromatic carbocycles. The smallest absolute Gasteiger partial charge is 0.241 e. The molecule has 6 nitrogen and oxygen atoms in total. The van der Waals surface area contributed by atoms with E-state index in [1.807, 2.05) is 31.2 Å². The van der Waals surface area contributed by atoms with Crippen LogP contribution in [0.25, 0.3) is 11.4 Å². The summed E-state index contributed by atoms with van der Waals surface area (Å²) in [7, 11) is 0. The van der Waals surface area contributed by atoms with Gasteiger partial charge in [-0.15, -0.1) is 0 Å². The summed E-state index contributed by atoms with van der Waals surface area (Å²) in [6, 6.07) is 8.47. The number of hydrogen-bond acceptors (Lipinski definition) is 6. The van der Waals surface area contributed by atoms with E-state index in [4.69, 9.17) is 14.0 Å². The molecule has 0 amide bonds. The monoisotopic (exact) mass is 343 g/mol. The van der Waals surface area contributed by atoms with Crippen molar-refractivity contribution in [3.05, 3.63) is 30.2 Å². The molecule has 2 aliphatic rings. The molecule has 2 heterocycles. The third-order valence-corrected chi connectivity index (χ3v) is 4.81. The molecule has 2 aromatic rings. The van der Waals surface area contributed by atoms with Crippen LogP contribution in [-0.2, 0) is 11.3 Å². The van der Waals surface area contributed by atoms with Gasteiger partial charge in [-0.05, 0) is 56.4 Å². The van der Waals surface area contributed by atoms with Gasteiger partial charge >= 0.3 is 0 Å². The number of rotatable bonds is 8. The van der Waals surface area contributed by atoms with Gasteiger partial charge in [0.1, 0.15) is 5.75 Å². The van der Waals surface area contributed by atoms with E-state index in [-0.39, 0.29) is 0 Å². The van der Waals surface area contributed by atoms with Gasteiger partial charge in [-0.25, -0.2) is 0 Å². The Bertz CT molecular complexity index is 675. The molecule has 0 bridgehead atoms. The Hall–Kier alpha value is -1.92. The summed E-state index contributed by atoms with van der Waals surface area (Å²) in [5, 5.41) is 4.15. The van der Waals surface area contributed by atoms with E-state index < -0.39 is 0 Å². The maximum absolute atomic E-state index is 5.51. The van der Waals surface area contributed by atoms with E-state index in [0.29, 0.717) is 30.3 Å². The van der Waals surface area contributed by atoms with Crippen LogP contribution >= 0.6 is 0 Å². The van der Waals surface area contributed by atoms with E-state index in [0.717, 1.165) is 44.0 Å². The lowest BCUT2D eigenvalue weighted by atomic mass is 10.1. The molecule has 0 N–H and O–H groups in total. The van der Waals surface area contributed by atoms with E-state index in [2.05, 4.69) is 15.0 Å². The van der Waals surface area contributed by atoms with Crippen LogP contribution in [0.2, 0.25) is 0 Å². The fourth-order valence-electron chi connectivity index (χ4n) is 3.32. The van der Waals surface area contributed by atoms with E-state index in [9.17, 15) is 0 Å². The van der Waals surface area contributed by atoms with Gasteiger partial charge in [-0.1, -0.05) is 5.16 Å². The Morgan fingerprint density at radius 2 is 2.04 bits per heavy atom. The summed E-state index contributed by atoms with van der Waals surface area (Å²) >= 11 is 0. The second-order valence-corrected chi connectivity index (χ2v) is 6.86. The third-order valence-electron chi connectivity index (χ3n) is 4.81. The highest BCUT2D eigenvalue weighted by Crippen LogP contribution is 2.30. The van der Waals surface area contributed by atoms with Crippen LogP contribution in [0.1, 0.15) is 32.1 Å². The Labute approximate surface area is 148 Å². The topological polar surface area (TPSA) is 60.6 Å². The van der Waals surface area contributed by atoms with Crippen molar-refractivity contribution >= 4 is 0 Å². The zero-order valence-electron chi connectivity index (χ0n) is 14.7. The van der Waals surface area contributed by atoms with E-state index in [1.54, 1.807) is 0 Å². The van der Waals surface area contributed by atoms with Crippen LogP contribution in [0.15, 0.2) is 28.8 Å². The molecule has 0 spiro atoms. The van der Waals surface area contributed by atoms with Crippen molar-refractivity contribution in [3.63, 3.8) is 0 Å². The van der Waals surface area contributed by atoms with E-state index >= 15 is 0 Å². The molecule has 1 saturated heterocycles. The lowest BCUT2D eigenvalue weighted by Gasteiger charge is -2.22. The first-order valence-corrected chi connectivity index (χ1v) is 9.19. The van der Waals surface area contributed by atoms with Gasteiger partial charge in [-0.2, -0.15) is 4.98 Å². The largest absolute Gasteiger partial charge is 0.494 e. The van der Waals surface area contributed by atoms with Crippen molar-refractivity contribution in [3.8, 4) is 17.1 Å². The van der Waals surface area contributed by atoms with Gasteiger partial charge in [0.2, 0.25) is 11.7 Å². The van der Waals surface area contributed by atoms with Gasteiger partial charge in [0.25, 0.3) is 0 Å². The summed E-state index contributed by atoms with van der Waals surface area (Å²) in [6.07, 6.45) is 3.70. The molecule has 0 radical (unpaired) electrons.